The Hall–Kier alpha value is -0.940. The molecule has 2 rings (SSSR count). The molecule has 3 nitrogen and oxygen atoms in total. The van der Waals surface area contributed by atoms with Gasteiger partial charge in [-0.2, -0.15) is 5.10 Å². The van der Waals surface area contributed by atoms with E-state index in [1.807, 2.05) is 12.1 Å². The molecule has 0 bridgehead atoms. The second-order valence-electron chi connectivity index (χ2n) is 3.90. The summed E-state index contributed by atoms with van der Waals surface area (Å²) < 4.78 is 3.82. The van der Waals surface area contributed by atoms with Gasteiger partial charge >= 0.3 is 0 Å². The molecule has 0 aliphatic heterocycles. The molecule has 0 radical (unpaired) electrons. The maximum absolute atomic E-state index is 5.28. The lowest BCUT2D eigenvalue weighted by Gasteiger charge is -2.15. The summed E-state index contributed by atoms with van der Waals surface area (Å²) in [5.41, 5.74) is 1.21. The zero-order valence-electron chi connectivity index (χ0n) is 9.77. The number of H-pyrrole nitrogens is 1. The third kappa shape index (κ3) is 2.50. The van der Waals surface area contributed by atoms with Gasteiger partial charge < -0.3 is 0 Å². The number of nitrogens with zero attached hydrogens (tertiary/aromatic N) is 2. The lowest BCUT2D eigenvalue weighted by Crippen LogP contribution is -2.10. The Morgan fingerprint density at radius 1 is 1.53 bits per heavy atom. The number of halogens is 1. The minimum Gasteiger partial charge on any atom is -0.297 e. The van der Waals surface area contributed by atoms with Gasteiger partial charge in [0.1, 0.15) is 5.82 Å². The van der Waals surface area contributed by atoms with Crippen molar-refractivity contribution in [2.24, 2.45) is 0 Å². The van der Waals surface area contributed by atoms with Crippen molar-refractivity contribution >= 4 is 28.1 Å². The Labute approximate surface area is 114 Å². The number of hydrogen-bond donors (Lipinski definition) is 1. The SMILES string of the molecule is CCc1n[nH]c(=S)n1C(C)c1cccc(Br)c1. The maximum atomic E-state index is 5.28. The second-order valence-corrected chi connectivity index (χ2v) is 5.20. The van der Waals surface area contributed by atoms with Gasteiger partial charge in [-0.3, -0.25) is 9.67 Å². The Bertz CT molecular complexity index is 573. The van der Waals surface area contributed by atoms with Gasteiger partial charge in [-0.05, 0) is 36.8 Å². The molecule has 0 spiro atoms. The normalized spacial score (nSPS) is 12.6. The standard InChI is InChI=1S/C12H14BrN3S/c1-3-11-14-15-12(17)16(11)8(2)9-5-4-6-10(13)7-9/h4-8H,3H2,1-2H3,(H,15,17). The third-order valence-electron chi connectivity index (χ3n) is 2.81. The molecule has 1 aromatic heterocycles. The fourth-order valence-corrected chi connectivity index (χ4v) is 2.63. The van der Waals surface area contributed by atoms with E-state index in [-0.39, 0.29) is 6.04 Å². The zero-order valence-corrected chi connectivity index (χ0v) is 12.2. The molecule has 1 unspecified atom stereocenters. The van der Waals surface area contributed by atoms with Crippen LogP contribution in [0.5, 0.6) is 0 Å². The molecule has 0 saturated heterocycles. The molecule has 1 heterocycles. The van der Waals surface area contributed by atoms with Gasteiger partial charge in [-0.1, -0.05) is 35.0 Å². The van der Waals surface area contributed by atoms with E-state index in [0.29, 0.717) is 4.77 Å². The van der Waals surface area contributed by atoms with Gasteiger partial charge in [0, 0.05) is 10.9 Å². The van der Waals surface area contributed by atoms with E-state index < -0.39 is 0 Å². The number of aryl methyl sites for hydroxylation is 1. The fraction of sp³-hybridized carbons (Fsp3) is 0.333. The van der Waals surface area contributed by atoms with E-state index in [9.17, 15) is 0 Å². The predicted octanol–water partition coefficient (Wildman–Crippen LogP) is 3.87. The van der Waals surface area contributed by atoms with E-state index >= 15 is 0 Å². The average molecular weight is 312 g/mol. The number of benzene rings is 1. The number of aromatic nitrogens is 3. The topological polar surface area (TPSA) is 33.6 Å². The molecule has 0 aliphatic carbocycles. The molecule has 17 heavy (non-hydrogen) atoms. The summed E-state index contributed by atoms with van der Waals surface area (Å²) in [6, 6.07) is 8.45. The highest BCUT2D eigenvalue weighted by atomic mass is 79.9. The third-order valence-corrected chi connectivity index (χ3v) is 3.59. The van der Waals surface area contributed by atoms with Crippen molar-refractivity contribution in [3.8, 4) is 0 Å². The molecular weight excluding hydrogens is 298 g/mol. The van der Waals surface area contributed by atoms with Crippen molar-refractivity contribution in [1.82, 2.24) is 14.8 Å². The maximum Gasteiger partial charge on any atom is 0.195 e. The molecule has 2 aromatic rings. The summed E-state index contributed by atoms with van der Waals surface area (Å²) in [7, 11) is 0. The fourth-order valence-electron chi connectivity index (χ4n) is 1.90. The molecule has 90 valence electrons. The highest BCUT2D eigenvalue weighted by molar-refractivity contribution is 9.10. The Kier molecular flexibility index (Phi) is 3.79. The largest absolute Gasteiger partial charge is 0.297 e. The first-order valence-corrected chi connectivity index (χ1v) is 6.75. The first-order chi connectivity index (χ1) is 8.13. The second kappa shape index (κ2) is 5.14. The summed E-state index contributed by atoms with van der Waals surface area (Å²) in [4.78, 5) is 0. The van der Waals surface area contributed by atoms with E-state index in [4.69, 9.17) is 12.2 Å². The lowest BCUT2D eigenvalue weighted by molar-refractivity contribution is 0.598. The van der Waals surface area contributed by atoms with E-state index in [1.54, 1.807) is 0 Å². The number of aromatic amines is 1. The lowest BCUT2D eigenvalue weighted by atomic mass is 10.1. The highest BCUT2D eigenvalue weighted by Gasteiger charge is 2.13. The monoisotopic (exact) mass is 311 g/mol. The molecule has 1 atom stereocenters. The van der Waals surface area contributed by atoms with Crippen LogP contribution in [0, 0.1) is 4.77 Å². The Balaban J connectivity index is 2.46. The smallest absolute Gasteiger partial charge is 0.195 e. The zero-order chi connectivity index (χ0) is 12.4. The molecule has 1 N–H and O–H groups in total. The van der Waals surface area contributed by atoms with Gasteiger partial charge in [0.2, 0.25) is 0 Å². The summed E-state index contributed by atoms with van der Waals surface area (Å²) in [6.07, 6.45) is 0.867. The number of rotatable bonds is 3. The van der Waals surface area contributed by atoms with Crippen molar-refractivity contribution < 1.29 is 0 Å². The van der Waals surface area contributed by atoms with E-state index in [0.717, 1.165) is 16.7 Å². The predicted molar refractivity (Wildman–Crippen MR) is 74.7 cm³/mol. The summed E-state index contributed by atoms with van der Waals surface area (Å²) in [5.74, 6) is 0.988. The van der Waals surface area contributed by atoms with Crippen LogP contribution in [-0.2, 0) is 6.42 Å². The summed E-state index contributed by atoms with van der Waals surface area (Å²) in [5, 5.41) is 7.09. The van der Waals surface area contributed by atoms with Crippen LogP contribution in [0.4, 0.5) is 0 Å². The first-order valence-electron chi connectivity index (χ1n) is 5.54. The highest BCUT2D eigenvalue weighted by Crippen LogP contribution is 2.22. The van der Waals surface area contributed by atoms with Crippen molar-refractivity contribution in [3.05, 3.63) is 44.9 Å². The summed E-state index contributed by atoms with van der Waals surface area (Å²) in [6.45, 7) is 4.21. The molecule has 0 aliphatic rings. The van der Waals surface area contributed by atoms with Gasteiger partial charge in [-0.15, -0.1) is 0 Å². The van der Waals surface area contributed by atoms with Crippen molar-refractivity contribution in [2.45, 2.75) is 26.3 Å². The Morgan fingerprint density at radius 3 is 2.94 bits per heavy atom. The van der Waals surface area contributed by atoms with E-state index in [2.05, 4.69) is 56.7 Å². The van der Waals surface area contributed by atoms with Crippen LogP contribution in [-0.4, -0.2) is 14.8 Å². The van der Waals surface area contributed by atoms with Crippen LogP contribution >= 0.6 is 28.1 Å². The molecule has 5 heteroatoms. The van der Waals surface area contributed by atoms with Crippen LogP contribution < -0.4 is 0 Å². The van der Waals surface area contributed by atoms with Crippen molar-refractivity contribution in [1.29, 1.82) is 0 Å². The number of hydrogen-bond acceptors (Lipinski definition) is 2. The van der Waals surface area contributed by atoms with Crippen LogP contribution in [0.1, 0.15) is 31.3 Å². The first kappa shape index (κ1) is 12.5. The molecule has 1 aromatic carbocycles. The number of nitrogens with one attached hydrogen (secondary N) is 1. The average Bonchev–Trinajstić information content (AvgIpc) is 2.69. The molecule has 0 fully saturated rings. The molecular formula is C12H14BrN3S. The van der Waals surface area contributed by atoms with Crippen LogP contribution in [0.3, 0.4) is 0 Å². The van der Waals surface area contributed by atoms with E-state index in [1.165, 1.54) is 5.56 Å². The van der Waals surface area contributed by atoms with Gasteiger partial charge in [0.25, 0.3) is 0 Å². The van der Waals surface area contributed by atoms with Crippen LogP contribution in [0.2, 0.25) is 0 Å². The Morgan fingerprint density at radius 2 is 2.29 bits per heavy atom. The molecule has 0 saturated carbocycles. The molecule has 0 amide bonds. The van der Waals surface area contributed by atoms with Gasteiger partial charge in [0.15, 0.2) is 4.77 Å². The van der Waals surface area contributed by atoms with Crippen LogP contribution in [0.25, 0.3) is 0 Å². The van der Waals surface area contributed by atoms with Crippen molar-refractivity contribution in [3.63, 3.8) is 0 Å². The minimum absolute atomic E-state index is 0.189. The minimum atomic E-state index is 0.189. The van der Waals surface area contributed by atoms with Gasteiger partial charge in [0.05, 0.1) is 6.04 Å². The van der Waals surface area contributed by atoms with Crippen LogP contribution in [0.15, 0.2) is 28.7 Å². The van der Waals surface area contributed by atoms with Crippen molar-refractivity contribution in [2.75, 3.05) is 0 Å². The summed E-state index contributed by atoms with van der Waals surface area (Å²) >= 11 is 8.77. The quantitative estimate of drug-likeness (QED) is 0.873. The van der Waals surface area contributed by atoms with Gasteiger partial charge in [-0.25, -0.2) is 0 Å².